The number of benzene rings is 3. The molecular formula is C24H20O. The van der Waals surface area contributed by atoms with Crippen LogP contribution < -0.4 is 0 Å². The van der Waals surface area contributed by atoms with Crippen LogP contribution >= 0.6 is 0 Å². The summed E-state index contributed by atoms with van der Waals surface area (Å²) in [6.07, 6.45) is 3.85. The maximum Gasteiger partial charge on any atom is 0.163 e. The second-order valence-corrected chi connectivity index (χ2v) is 6.52. The van der Waals surface area contributed by atoms with E-state index in [1.54, 1.807) is 6.08 Å². The van der Waals surface area contributed by atoms with Gasteiger partial charge in [0.2, 0.25) is 0 Å². The molecule has 0 N–H and O–H groups in total. The molecule has 0 saturated heterocycles. The van der Waals surface area contributed by atoms with Crippen LogP contribution in [0.5, 0.6) is 0 Å². The lowest BCUT2D eigenvalue weighted by Gasteiger charge is -2.35. The Balaban J connectivity index is 1.87. The molecule has 3 unspecified atom stereocenters. The second-order valence-electron chi connectivity index (χ2n) is 6.52. The number of hydrogen-bond acceptors (Lipinski definition) is 1. The average molecular weight is 324 g/mol. The highest BCUT2D eigenvalue weighted by Gasteiger charge is 2.38. The molecule has 122 valence electrons. The molecule has 1 aliphatic carbocycles. The molecule has 0 heterocycles. The third-order valence-corrected chi connectivity index (χ3v) is 5.05. The van der Waals surface area contributed by atoms with Crippen molar-refractivity contribution in [1.82, 2.24) is 0 Å². The minimum absolute atomic E-state index is 0.100. The van der Waals surface area contributed by atoms with Crippen LogP contribution in [0.4, 0.5) is 0 Å². The van der Waals surface area contributed by atoms with Gasteiger partial charge in [-0.05, 0) is 22.8 Å². The monoisotopic (exact) mass is 324 g/mol. The van der Waals surface area contributed by atoms with Crippen LogP contribution in [0.2, 0.25) is 0 Å². The van der Waals surface area contributed by atoms with Crippen LogP contribution in [0.25, 0.3) is 0 Å². The number of hydrogen-bond donors (Lipinski definition) is 0. The highest BCUT2D eigenvalue weighted by Crippen LogP contribution is 2.47. The topological polar surface area (TPSA) is 17.1 Å². The maximum absolute atomic E-state index is 12.9. The lowest BCUT2D eigenvalue weighted by atomic mass is 9.67. The average Bonchev–Trinajstić information content (AvgIpc) is 2.70. The number of carbonyl (C=O) groups excluding carboxylic acids is 1. The smallest absolute Gasteiger partial charge is 0.163 e. The van der Waals surface area contributed by atoms with Gasteiger partial charge in [-0.3, -0.25) is 4.79 Å². The molecule has 0 radical (unpaired) electrons. The molecule has 3 atom stereocenters. The molecule has 0 spiro atoms. The van der Waals surface area contributed by atoms with Crippen molar-refractivity contribution < 1.29 is 4.79 Å². The Hall–Kier alpha value is -2.93. The Morgan fingerprint density at radius 1 is 0.560 bits per heavy atom. The molecule has 0 saturated carbocycles. The summed E-state index contributed by atoms with van der Waals surface area (Å²) in [6, 6.07) is 31.1. The molecule has 1 heteroatoms. The van der Waals surface area contributed by atoms with Crippen LogP contribution in [0, 0.1) is 0 Å². The van der Waals surface area contributed by atoms with Gasteiger partial charge < -0.3 is 0 Å². The summed E-state index contributed by atoms with van der Waals surface area (Å²) in [5.41, 5.74) is 3.55. The number of ketones is 1. The predicted molar refractivity (Wildman–Crippen MR) is 102 cm³/mol. The molecule has 1 aliphatic rings. The van der Waals surface area contributed by atoms with Crippen molar-refractivity contribution in [1.29, 1.82) is 0 Å². The lowest BCUT2D eigenvalue weighted by molar-refractivity contribution is -0.117. The van der Waals surface area contributed by atoms with E-state index in [1.165, 1.54) is 11.1 Å². The molecule has 1 nitrogen and oxygen atoms in total. The normalized spacial score (nSPS) is 22.7. The predicted octanol–water partition coefficient (Wildman–Crippen LogP) is 5.48. The summed E-state index contributed by atoms with van der Waals surface area (Å²) < 4.78 is 0. The Morgan fingerprint density at radius 2 is 1.04 bits per heavy atom. The molecule has 0 amide bonds. The van der Waals surface area contributed by atoms with Crippen molar-refractivity contribution in [2.24, 2.45) is 0 Å². The number of allylic oxidation sites excluding steroid dienone is 2. The first-order valence-corrected chi connectivity index (χ1v) is 8.71. The van der Waals surface area contributed by atoms with E-state index in [4.69, 9.17) is 0 Å². The van der Waals surface area contributed by atoms with Gasteiger partial charge in [-0.25, -0.2) is 0 Å². The van der Waals surface area contributed by atoms with Crippen molar-refractivity contribution >= 4 is 5.78 Å². The summed E-state index contributed by atoms with van der Waals surface area (Å²) in [5.74, 6) is 0.320. The molecule has 0 fully saturated rings. The minimum atomic E-state index is -0.154. The van der Waals surface area contributed by atoms with E-state index in [0.29, 0.717) is 0 Å². The van der Waals surface area contributed by atoms with E-state index in [1.807, 2.05) is 30.3 Å². The van der Waals surface area contributed by atoms with Gasteiger partial charge >= 0.3 is 0 Å². The highest BCUT2D eigenvalue weighted by atomic mass is 16.1. The number of rotatable bonds is 3. The Labute approximate surface area is 148 Å². The Kier molecular flexibility index (Phi) is 4.30. The first-order valence-electron chi connectivity index (χ1n) is 8.71. The molecular weight excluding hydrogens is 304 g/mol. The van der Waals surface area contributed by atoms with Gasteiger partial charge in [0.1, 0.15) is 0 Å². The van der Waals surface area contributed by atoms with Crippen molar-refractivity contribution in [3.63, 3.8) is 0 Å². The van der Waals surface area contributed by atoms with E-state index in [2.05, 4.69) is 66.7 Å². The van der Waals surface area contributed by atoms with E-state index in [-0.39, 0.29) is 23.5 Å². The summed E-state index contributed by atoms with van der Waals surface area (Å²) >= 11 is 0. The summed E-state index contributed by atoms with van der Waals surface area (Å²) in [6.45, 7) is 0. The molecule has 0 aliphatic heterocycles. The van der Waals surface area contributed by atoms with Crippen LogP contribution in [0.1, 0.15) is 34.4 Å². The van der Waals surface area contributed by atoms with Crippen LogP contribution in [0.15, 0.2) is 103 Å². The number of carbonyl (C=O) groups is 1. The van der Waals surface area contributed by atoms with Gasteiger partial charge in [0.25, 0.3) is 0 Å². The van der Waals surface area contributed by atoms with E-state index < -0.39 is 0 Å². The quantitative estimate of drug-likeness (QED) is 0.624. The fraction of sp³-hybridized carbons (Fsp3) is 0.125. The Bertz CT molecular complexity index is 866. The van der Waals surface area contributed by atoms with Gasteiger partial charge in [-0.15, -0.1) is 0 Å². The first-order chi connectivity index (χ1) is 12.3. The van der Waals surface area contributed by atoms with E-state index >= 15 is 0 Å². The van der Waals surface area contributed by atoms with Crippen LogP contribution in [-0.4, -0.2) is 5.78 Å². The third-order valence-electron chi connectivity index (χ3n) is 5.05. The van der Waals surface area contributed by atoms with Gasteiger partial charge in [0, 0.05) is 11.8 Å². The van der Waals surface area contributed by atoms with E-state index in [0.717, 1.165) is 5.56 Å². The summed E-state index contributed by atoms with van der Waals surface area (Å²) in [5, 5.41) is 0. The van der Waals surface area contributed by atoms with E-state index in [9.17, 15) is 4.79 Å². The molecule has 3 aromatic rings. The van der Waals surface area contributed by atoms with Crippen LogP contribution in [0.3, 0.4) is 0 Å². The zero-order chi connectivity index (χ0) is 17.1. The molecule has 0 bridgehead atoms. The second kappa shape index (κ2) is 6.90. The molecule has 3 aromatic carbocycles. The summed E-state index contributed by atoms with van der Waals surface area (Å²) in [4.78, 5) is 12.9. The van der Waals surface area contributed by atoms with Gasteiger partial charge in [0.15, 0.2) is 5.78 Å². The van der Waals surface area contributed by atoms with Crippen LogP contribution in [-0.2, 0) is 4.79 Å². The molecule has 25 heavy (non-hydrogen) atoms. The largest absolute Gasteiger partial charge is 0.294 e. The SMILES string of the molecule is O=C1C=CC(c2ccccc2)C(c2ccccc2)C1c1ccccc1. The summed E-state index contributed by atoms with van der Waals surface area (Å²) in [7, 11) is 0. The van der Waals surface area contributed by atoms with Gasteiger partial charge in [-0.1, -0.05) is 97.1 Å². The zero-order valence-electron chi connectivity index (χ0n) is 14.0. The third kappa shape index (κ3) is 3.06. The van der Waals surface area contributed by atoms with Crippen molar-refractivity contribution in [2.45, 2.75) is 17.8 Å². The highest BCUT2D eigenvalue weighted by molar-refractivity contribution is 5.97. The van der Waals surface area contributed by atoms with Crippen molar-refractivity contribution in [3.8, 4) is 0 Å². The zero-order valence-corrected chi connectivity index (χ0v) is 14.0. The van der Waals surface area contributed by atoms with Crippen molar-refractivity contribution in [3.05, 3.63) is 120 Å². The van der Waals surface area contributed by atoms with Crippen molar-refractivity contribution in [2.75, 3.05) is 0 Å². The first kappa shape index (κ1) is 15.6. The fourth-order valence-corrected chi connectivity index (χ4v) is 3.91. The Morgan fingerprint density at radius 3 is 1.60 bits per heavy atom. The molecule has 0 aromatic heterocycles. The molecule has 4 rings (SSSR count). The lowest BCUT2D eigenvalue weighted by Crippen LogP contribution is -2.27. The van der Waals surface area contributed by atoms with Gasteiger partial charge in [-0.2, -0.15) is 0 Å². The standard InChI is InChI=1S/C24H20O/c25-22-17-16-21(18-10-4-1-5-11-18)23(19-12-6-2-7-13-19)24(22)20-14-8-3-9-15-20/h1-17,21,23-24H. The fourth-order valence-electron chi connectivity index (χ4n) is 3.91. The van der Waals surface area contributed by atoms with Gasteiger partial charge in [0.05, 0.1) is 5.92 Å². The maximum atomic E-state index is 12.9. The minimum Gasteiger partial charge on any atom is -0.294 e.